The van der Waals surface area contributed by atoms with Gasteiger partial charge in [-0.15, -0.1) is 0 Å². The highest BCUT2D eigenvalue weighted by Crippen LogP contribution is 2.26. The zero-order valence-electron chi connectivity index (χ0n) is 10.3. The Morgan fingerprint density at radius 1 is 1.11 bits per heavy atom. The van der Waals surface area contributed by atoms with E-state index in [1.165, 1.54) is 31.4 Å². The normalized spacial score (nSPS) is 24.3. The minimum Gasteiger partial charge on any atom is -0.368 e. The van der Waals surface area contributed by atoms with Gasteiger partial charge in [-0.25, -0.2) is 8.78 Å². The molecule has 0 bridgehead atoms. The van der Waals surface area contributed by atoms with Crippen molar-refractivity contribution in [2.24, 2.45) is 0 Å². The van der Waals surface area contributed by atoms with Gasteiger partial charge in [0.05, 0.1) is 5.69 Å². The molecule has 98 valence electrons. The zero-order valence-corrected chi connectivity index (χ0v) is 10.3. The van der Waals surface area contributed by atoms with Gasteiger partial charge in [-0.05, 0) is 31.4 Å². The number of halogens is 2. The zero-order chi connectivity index (χ0) is 12.5. The number of benzene rings is 1. The number of rotatable bonds is 3. The summed E-state index contributed by atoms with van der Waals surface area (Å²) in [6.07, 6.45) is 4.89. The molecule has 1 aromatic rings. The smallest absolute Gasteiger partial charge is 0.149 e. The van der Waals surface area contributed by atoms with Gasteiger partial charge in [-0.1, -0.05) is 6.42 Å². The monoisotopic (exact) mass is 252 g/mol. The molecule has 18 heavy (non-hydrogen) atoms. The van der Waals surface area contributed by atoms with Crippen LogP contribution < -0.4 is 10.2 Å². The lowest BCUT2D eigenvalue weighted by Gasteiger charge is -2.30. The second-order valence-electron chi connectivity index (χ2n) is 5.32. The molecule has 0 spiro atoms. The second-order valence-corrected chi connectivity index (χ2v) is 5.32. The van der Waals surface area contributed by atoms with Crippen molar-refractivity contribution >= 4 is 5.69 Å². The average molecular weight is 252 g/mol. The Balaban J connectivity index is 1.63. The van der Waals surface area contributed by atoms with Crippen LogP contribution in [-0.2, 0) is 0 Å². The van der Waals surface area contributed by atoms with Crippen LogP contribution in [0.5, 0.6) is 0 Å². The van der Waals surface area contributed by atoms with E-state index in [4.69, 9.17) is 0 Å². The summed E-state index contributed by atoms with van der Waals surface area (Å²) in [7, 11) is 0. The summed E-state index contributed by atoms with van der Waals surface area (Å²) in [4.78, 5) is 2.01. The van der Waals surface area contributed by atoms with Gasteiger partial charge >= 0.3 is 0 Å². The van der Waals surface area contributed by atoms with Gasteiger partial charge in [0.2, 0.25) is 0 Å². The fourth-order valence-electron chi connectivity index (χ4n) is 2.76. The van der Waals surface area contributed by atoms with E-state index in [1.807, 2.05) is 4.90 Å². The number of hydrogen-bond donors (Lipinski definition) is 1. The molecule has 1 heterocycles. The summed E-state index contributed by atoms with van der Waals surface area (Å²) in [6.45, 7) is 1.66. The standard InChI is InChI=1S/C14H18F2N2/c15-10-4-5-14(13(16)8-10)18-7-6-12(9-18)17-11-2-1-3-11/h4-5,8,11-12,17H,1-3,6-7,9H2. The van der Waals surface area contributed by atoms with Crippen LogP contribution in [0.25, 0.3) is 0 Å². The van der Waals surface area contributed by atoms with Crippen LogP contribution in [0.1, 0.15) is 25.7 Å². The van der Waals surface area contributed by atoms with Crippen LogP contribution in [-0.4, -0.2) is 25.2 Å². The topological polar surface area (TPSA) is 15.3 Å². The minimum absolute atomic E-state index is 0.444. The predicted molar refractivity (Wildman–Crippen MR) is 67.8 cm³/mol. The molecule has 0 amide bonds. The molecule has 3 rings (SSSR count). The average Bonchev–Trinajstić information content (AvgIpc) is 2.72. The van der Waals surface area contributed by atoms with Gasteiger partial charge in [0.15, 0.2) is 0 Å². The maximum atomic E-state index is 13.7. The molecule has 1 aromatic carbocycles. The van der Waals surface area contributed by atoms with Crippen LogP contribution in [0, 0.1) is 11.6 Å². The third kappa shape index (κ3) is 2.34. The van der Waals surface area contributed by atoms with Crippen LogP contribution in [0.2, 0.25) is 0 Å². The Bertz CT molecular complexity index is 432. The van der Waals surface area contributed by atoms with Gasteiger partial charge in [0.1, 0.15) is 11.6 Å². The molecule has 1 saturated heterocycles. The third-order valence-corrected chi connectivity index (χ3v) is 4.02. The van der Waals surface area contributed by atoms with Crippen LogP contribution in [0.15, 0.2) is 18.2 Å². The molecule has 1 N–H and O–H groups in total. The molecular weight excluding hydrogens is 234 g/mol. The Labute approximate surface area is 106 Å². The maximum Gasteiger partial charge on any atom is 0.149 e. The van der Waals surface area contributed by atoms with Gasteiger partial charge < -0.3 is 10.2 Å². The first-order chi connectivity index (χ1) is 8.72. The van der Waals surface area contributed by atoms with Gasteiger partial charge in [0.25, 0.3) is 0 Å². The molecule has 1 unspecified atom stereocenters. The quantitative estimate of drug-likeness (QED) is 0.889. The fourth-order valence-corrected chi connectivity index (χ4v) is 2.76. The molecule has 0 aromatic heterocycles. The van der Waals surface area contributed by atoms with Crippen molar-refractivity contribution in [1.29, 1.82) is 0 Å². The van der Waals surface area contributed by atoms with E-state index in [2.05, 4.69) is 5.32 Å². The number of nitrogens with one attached hydrogen (secondary N) is 1. The molecule has 2 fully saturated rings. The van der Waals surface area contributed by atoms with Gasteiger partial charge in [0, 0.05) is 31.2 Å². The van der Waals surface area contributed by atoms with E-state index >= 15 is 0 Å². The summed E-state index contributed by atoms with van der Waals surface area (Å²) in [5.74, 6) is -0.973. The first kappa shape index (κ1) is 11.9. The maximum absolute atomic E-state index is 13.7. The molecule has 1 aliphatic heterocycles. The molecule has 4 heteroatoms. The predicted octanol–water partition coefficient (Wildman–Crippen LogP) is 2.69. The van der Waals surface area contributed by atoms with E-state index in [0.29, 0.717) is 17.8 Å². The van der Waals surface area contributed by atoms with Crippen molar-refractivity contribution in [1.82, 2.24) is 5.32 Å². The number of nitrogens with zero attached hydrogens (tertiary/aromatic N) is 1. The van der Waals surface area contributed by atoms with Crippen LogP contribution >= 0.6 is 0 Å². The van der Waals surface area contributed by atoms with Crippen molar-refractivity contribution in [2.45, 2.75) is 37.8 Å². The van der Waals surface area contributed by atoms with Crippen molar-refractivity contribution < 1.29 is 8.78 Å². The van der Waals surface area contributed by atoms with Crippen LogP contribution in [0.3, 0.4) is 0 Å². The molecule has 1 saturated carbocycles. The van der Waals surface area contributed by atoms with Crippen molar-refractivity contribution in [3.8, 4) is 0 Å². The van der Waals surface area contributed by atoms with E-state index in [-0.39, 0.29) is 0 Å². The van der Waals surface area contributed by atoms with E-state index in [9.17, 15) is 8.78 Å². The molecule has 0 radical (unpaired) electrons. The van der Waals surface area contributed by atoms with E-state index in [0.717, 1.165) is 25.6 Å². The number of hydrogen-bond acceptors (Lipinski definition) is 2. The first-order valence-electron chi connectivity index (χ1n) is 6.68. The Kier molecular flexibility index (Phi) is 3.20. The Hall–Kier alpha value is -1.16. The molecule has 2 nitrogen and oxygen atoms in total. The SMILES string of the molecule is Fc1ccc(N2CCC(NC3CCC3)C2)c(F)c1. The highest BCUT2D eigenvalue weighted by atomic mass is 19.1. The fraction of sp³-hybridized carbons (Fsp3) is 0.571. The highest BCUT2D eigenvalue weighted by Gasteiger charge is 2.28. The summed E-state index contributed by atoms with van der Waals surface area (Å²) in [5.41, 5.74) is 0.523. The van der Waals surface area contributed by atoms with E-state index in [1.54, 1.807) is 0 Å². The molecular formula is C14H18F2N2. The molecule has 1 aliphatic carbocycles. The summed E-state index contributed by atoms with van der Waals surface area (Å²) < 4.78 is 26.5. The van der Waals surface area contributed by atoms with Crippen molar-refractivity contribution in [2.75, 3.05) is 18.0 Å². The summed E-state index contributed by atoms with van der Waals surface area (Å²) >= 11 is 0. The van der Waals surface area contributed by atoms with Gasteiger partial charge in [-0.2, -0.15) is 0 Å². The molecule has 1 atom stereocenters. The summed E-state index contributed by atoms with van der Waals surface area (Å²) in [5, 5.41) is 3.61. The third-order valence-electron chi connectivity index (χ3n) is 4.02. The van der Waals surface area contributed by atoms with Crippen LogP contribution in [0.4, 0.5) is 14.5 Å². The summed E-state index contributed by atoms with van der Waals surface area (Å²) in [6, 6.07) is 4.93. The van der Waals surface area contributed by atoms with Gasteiger partial charge in [-0.3, -0.25) is 0 Å². The Morgan fingerprint density at radius 2 is 1.94 bits per heavy atom. The second kappa shape index (κ2) is 4.84. The lowest BCUT2D eigenvalue weighted by molar-refractivity contribution is 0.311. The van der Waals surface area contributed by atoms with E-state index < -0.39 is 11.6 Å². The largest absolute Gasteiger partial charge is 0.368 e. The molecule has 2 aliphatic rings. The number of anilines is 1. The highest BCUT2D eigenvalue weighted by molar-refractivity contribution is 5.49. The lowest BCUT2D eigenvalue weighted by atomic mass is 9.92. The van der Waals surface area contributed by atoms with Crippen molar-refractivity contribution in [3.05, 3.63) is 29.8 Å². The lowest BCUT2D eigenvalue weighted by Crippen LogP contribution is -2.43. The first-order valence-corrected chi connectivity index (χ1v) is 6.68. The Morgan fingerprint density at radius 3 is 2.61 bits per heavy atom. The minimum atomic E-state index is -0.514. The van der Waals surface area contributed by atoms with Crippen molar-refractivity contribution in [3.63, 3.8) is 0 Å².